The molecule has 1 aromatic carbocycles. The van der Waals surface area contributed by atoms with Gasteiger partial charge in [0.25, 0.3) is 0 Å². The first-order valence-electron chi connectivity index (χ1n) is 8.20. The molecule has 0 atom stereocenters. The van der Waals surface area contributed by atoms with Gasteiger partial charge in [0.2, 0.25) is 11.8 Å². The van der Waals surface area contributed by atoms with Crippen molar-refractivity contribution in [3.8, 4) is 5.69 Å². The van der Waals surface area contributed by atoms with Crippen molar-refractivity contribution < 1.29 is 9.32 Å². The molecular formula is C18H21N5O2. The zero-order chi connectivity index (χ0) is 17.8. The van der Waals surface area contributed by atoms with Crippen molar-refractivity contribution in [3.05, 3.63) is 59.0 Å². The van der Waals surface area contributed by atoms with Gasteiger partial charge in [0.05, 0.1) is 17.9 Å². The Bertz CT molecular complexity index is 864. The summed E-state index contributed by atoms with van der Waals surface area (Å²) < 4.78 is 6.87. The monoisotopic (exact) mass is 339 g/mol. The minimum atomic E-state index is -0.0431. The molecule has 0 saturated carbocycles. The van der Waals surface area contributed by atoms with Crippen LogP contribution in [0.25, 0.3) is 5.69 Å². The Morgan fingerprint density at radius 2 is 1.96 bits per heavy atom. The first-order chi connectivity index (χ1) is 12.0. The second-order valence-electron chi connectivity index (χ2n) is 6.02. The van der Waals surface area contributed by atoms with Gasteiger partial charge in [-0.05, 0) is 51.0 Å². The minimum absolute atomic E-state index is 0.0431. The number of nitrogens with one attached hydrogen (secondary N) is 1. The lowest BCUT2D eigenvalue weighted by molar-refractivity contribution is -0.121. The lowest BCUT2D eigenvalue weighted by Gasteiger charge is -2.06. The molecular weight excluding hydrogens is 318 g/mol. The number of amides is 1. The van der Waals surface area contributed by atoms with Crippen molar-refractivity contribution in [3.63, 3.8) is 0 Å². The van der Waals surface area contributed by atoms with E-state index >= 15 is 0 Å². The molecule has 0 unspecified atom stereocenters. The fourth-order valence-electron chi connectivity index (χ4n) is 2.63. The van der Waals surface area contributed by atoms with Gasteiger partial charge in [-0.15, -0.1) is 0 Å². The van der Waals surface area contributed by atoms with Crippen molar-refractivity contribution in [2.24, 2.45) is 0 Å². The second-order valence-corrected chi connectivity index (χ2v) is 6.02. The number of hydrogen-bond donors (Lipinski definition) is 1. The molecule has 0 radical (unpaired) electrons. The third kappa shape index (κ3) is 4.32. The molecule has 0 spiro atoms. The Morgan fingerprint density at radius 1 is 1.20 bits per heavy atom. The predicted octanol–water partition coefficient (Wildman–Crippen LogP) is 2.43. The van der Waals surface area contributed by atoms with Crippen LogP contribution in [0.3, 0.4) is 0 Å². The SMILES string of the molecule is Cc1cc(C)n(-c2ccc(CCC(=O)NCc3nc(C)no3)cc2)n1. The Labute approximate surface area is 146 Å². The summed E-state index contributed by atoms with van der Waals surface area (Å²) in [4.78, 5) is 16.0. The number of carbonyl (C=O) groups is 1. The van der Waals surface area contributed by atoms with E-state index in [1.54, 1.807) is 6.92 Å². The molecule has 3 aromatic rings. The minimum Gasteiger partial charge on any atom is -0.347 e. The molecule has 1 N–H and O–H groups in total. The van der Waals surface area contributed by atoms with Crippen LogP contribution in [-0.2, 0) is 17.8 Å². The zero-order valence-corrected chi connectivity index (χ0v) is 14.6. The van der Waals surface area contributed by atoms with E-state index in [0.29, 0.717) is 24.6 Å². The maximum absolute atomic E-state index is 11.9. The van der Waals surface area contributed by atoms with E-state index < -0.39 is 0 Å². The van der Waals surface area contributed by atoms with Crippen LogP contribution in [0.2, 0.25) is 0 Å². The van der Waals surface area contributed by atoms with E-state index in [1.165, 1.54) is 0 Å². The molecule has 130 valence electrons. The van der Waals surface area contributed by atoms with Crippen molar-refractivity contribution in [2.45, 2.75) is 40.2 Å². The Kier molecular flexibility index (Phi) is 4.92. The summed E-state index contributed by atoms with van der Waals surface area (Å²) in [6, 6.07) is 10.1. The second kappa shape index (κ2) is 7.29. The van der Waals surface area contributed by atoms with Crippen LogP contribution in [-0.4, -0.2) is 25.8 Å². The quantitative estimate of drug-likeness (QED) is 0.745. The Balaban J connectivity index is 1.51. The highest BCUT2D eigenvalue weighted by Gasteiger charge is 2.07. The van der Waals surface area contributed by atoms with E-state index in [0.717, 1.165) is 22.6 Å². The van der Waals surface area contributed by atoms with E-state index in [1.807, 2.05) is 48.9 Å². The first kappa shape index (κ1) is 16.9. The van der Waals surface area contributed by atoms with Gasteiger partial charge < -0.3 is 9.84 Å². The fourth-order valence-corrected chi connectivity index (χ4v) is 2.63. The molecule has 2 heterocycles. The van der Waals surface area contributed by atoms with Crippen molar-refractivity contribution in [1.82, 2.24) is 25.2 Å². The summed E-state index contributed by atoms with van der Waals surface area (Å²) in [5.74, 6) is 0.936. The number of aromatic nitrogens is 4. The highest BCUT2D eigenvalue weighted by molar-refractivity contribution is 5.76. The molecule has 0 fully saturated rings. The van der Waals surface area contributed by atoms with Crippen LogP contribution in [0.1, 0.15) is 35.1 Å². The lowest BCUT2D eigenvalue weighted by atomic mass is 10.1. The summed E-state index contributed by atoms with van der Waals surface area (Å²) in [6.07, 6.45) is 1.08. The summed E-state index contributed by atoms with van der Waals surface area (Å²) in [7, 11) is 0. The normalized spacial score (nSPS) is 10.8. The molecule has 7 heteroatoms. The molecule has 0 aliphatic carbocycles. The Hall–Kier alpha value is -2.96. The number of hydrogen-bond acceptors (Lipinski definition) is 5. The third-order valence-corrected chi connectivity index (χ3v) is 3.84. The number of aryl methyl sites for hydroxylation is 4. The first-order valence-corrected chi connectivity index (χ1v) is 8.20. The summed E-state index contributed by atoms with van der Waals surface area (Å²) >= 11 is 0. The van der Waals surface area contributed by atoms with Gasteiger partial charge in [0.15, 0.2) is 5.82 Å². The van der Waals surface area contributed by atoms with Crippen LogP contribution in [0.4, 0.5) is 0 Å². The molecule has 7 nitrogen and oxygen atoms in total. The van der Waals surface area contributed by atoms with Gasteiger partial charge in [-0.25, -0.2) is 4.68 Å². The van der Waals surface area contributed by atoms with E-state index in [9.17, 15) is 4.79 Å². The average molecular weight is 339 g/mol. The zero-order valence-electron chi connectivity index (χ0n) is 14.6. The van der Waals surface area contributed by atoms with E-state index in [-0.39, 0.29) is 12.5 Å². The molecule has 2 aromatic heterocycles. The third-order valence-electron chi connectivity index (χ3n) is 3.84. The Morgan fingerprint density at radius 3 is 2.56 bits per heavy atom. The van der Waals surface area contributed by atoms with Crippen LogP contribution in [0, 0.1) is 20.8 Å². The van der Waals surface area contributed by atoms with Crippen molar-refractivity contribution in [1.29, 1.82) is 0 Å². The summed E-state index contributed by atoms with van der Waals surface area (Å²) in [5.41, 5.74) is 4.22. The largest absolute Gasteiger partial charge is 0.347 e. The van der Waals surface area contributed by atoms with Crippen molar-refractivity contribution >= 4 is 5.91 Å². The smallest absolute Gasteiger partial charge is 0.246 e. The van der Waals surface area contributed by atoms with Gasteiger partial charge in [-0.2, -0.15) is 10.1 Å². The fraction of sp³-hybridized carbons (Fsp3) is 0.333. The molecule has 0 saturated heterocycles. The molecule has 1 amide bonds. The molecule has 25 heavy (non-hydrogen) atoms. The predicted molar refractivity (Wildman–Crippen MR) is 92.2 cm³/mol. The molecule has 3 rings (SSSR count). The molecule has 0 aliphatic rings. The van der Waals surface area contributed by atoms with Gasteiger partial charge in [-0.3, -0.25) is 4.79 Å². The maximum Gasteiger partial charge on any atom is 0.246 e. The maximum atomic E-state index is 11.9. The summed E-state index contributed by atoms with van der Waals surface area (Å²) in [5, 5.41) is 10.9. The number of rotatable bonds is 6. The van der Waals surface area contributed by atoms with Crippen LogP contribution >= 0.6 is 0 Å². The number of carbonyl (C=O) groups excluding carboxylic acids is 1. The topological polar surface area (TPSA) is 85.8 Å². The molecule has 0 bridgehead atoms. The van der Waals surface area contributed by atoms with Gasteiger partial charge in [0.1, 0.15) is 0 Å². The summed E-state index contributed by atoms with van der Waals surface area (Å²) in [6.45, 7) is 6.01. The standard InChI is InChI=1S/C18H21N5O2/c1-12-10-13(2)23(21-12)16-7-4-15(5-8-16)6-9-17(24)19-11-18-20-14(3)22-25-18/h4-5,7-8,10H,6,9,11H2,1-3H3,(H,19,24). The van der Waals surface area contributed by atoms with Crippen LogP contribution < -0.4 is 5.32 Å². The van der Waals surface area contributed by atoms with Crippen LogP contribution in [0.5, 0.6) is 0 Å². The highest BCUT2D eigenvalue weighted by atomic mass is 16.5. The van der Waals surface area contributed by atoms with Gasteiger partial charge in [0, 0.05) is 12.1 Å². The lowest BCUT2D eigenvalue weighted by Crippen LogP contribution is -2.23. The van der Waals surface area contributed by atoms with E-state index in [4.69, 9.17) is 4.52 Å². The van der Waals surface area contributed by atoms with E-state index in [2.05, 4.69) is 20.6 Å². The average Bonchev–Trinajstić information content (AvgIpc) is 3.16. The van der Waals surface area contributed by atoms with Crippen LogP contribution in [0.15, 0.2) is 34.9 Å². The molecule has 0 aliphatic heterocycles. The number of benzene rings is 1. The number of nitrogens with zero attached hydrogens (tertiary/aromatic N) is 4. The highest BCUT2D eigenvalue weighted by Crippen LogP contribution is 2.14. The van der Waals surface area contributed by atoms with Gasteiger partial charge >= 0.3 is 0 Å². The van der Waals surface area contributed by atoms with Gasteiger partial charge in [-0.1, -0.05) is 17.3 Å². The van der Waals surface area contributed by atoms with Crippen molar-refractivity contribution in [2.75, 3.05) is 0 Å².